The lowest BCUT2D eigenvalue weighted by Crippen LogP contribution is -2.51. The second kappa shape index (κ2) is 6.73. The number of aromatic nitrogens is 1. The highest BCUT2D eigenvalue weighted by Gasteiger charge is 2.25. The molecule has 1 aromatic heterocycles. The van der Waals surface area contributed by atoms with Gasteiger partial charge >= 0.3 is 0 Å². The Bertz CT molecular complexity index is 544. The standard InChI is InChI=1S/C13H17ClN4O3/c1-21-8-12(19)17-2-4-18(5-3-17)13(20)9-6-11(14)16-7-10(9)15/h6-7H,2-5,8,15H2,1H3. The average Bonchev–Trinajstić information content (AvgIpc) is 2.49. The Balaban J connectivity index is 2.00. The number of hydrogen-bond acceptors (Lipinski definition) is 5. The normalized spacial score (nSPS) is 15.1. The molecule has 0 aliphatic carbocycles. The van der Waals surface area contributed by atoms with E-state index in [0.717, 1.165) is 0 Å². The minimum atomic E-state index is -0.198. The predicted molar refractivity (Wildman–Crippen MR) is 78.0 cm³/mol. The molecule has 0 spiro atoms. The molecule has 0 atom stereocenters. The highest BCUT2D eigenvalue weighted by atomic mass is 35.5. The van der Waals surface area contributed by atoms with Gasteiger partial charge in [0, 0.05) is 33.3 Å². The summed E-state index contributed by atoms with van der Waals surface area (Å²) in [6.45, 7) is 1.92. The van der Waals surface area contributed by atoms with Crippen LogP contribution in [-0.2, 0) is 9.53 Å². The van der Waals surface area contributed by atoms with Crippen LogP contribution < -0.4 is 5.73 Å². The maximum Gasteiger partial charge on any atom is 0.256 e. The van der Waals surface area contributed by atoms with Crippen LogP contribution in [0, 0.1) is 0 Å². The molecule has 1 aromatic rings. The lowest BCUT2D eigenvalue weighted by Gasteiger charge is -2.34. The van der Waals surface area contributed by atoms with Crippen LogP contribution in [0.25, 0.3) is 0 Å². The number of methoxy groups -OCH3 is 1. The Morgan fingerprint density at radius 2 is 1.95 bits per heavy atom. The zero-order valence-corrected chi connectivity index (χ0v) is 12.5. The van der Waals surface area contributed by atoms with Crippen molar-refractivity contribution < 1.29 is 14.3 Å². The van der Waals surface area contributed by atoms with Crippen LogP contribution in [0.3, 0.4) is 0 Å². The second-order valence-corrected chi connectivity index (χ2v) is 5.09. The van der Waals surface area contributed by atoms with Crippen LogP contribution in [0.5, 0.6) is 0 Å². The van der Waals surface area contributed by atoms with Crippen molar-refractivity contribution >= 4 is 29.1 Å². The van der Waals surface area contributed by atoms with Gasteiger partial charge in [0.25, 0.3) is 5.91 Å². The van der Waals surface area contributed by atoms with Gasteiger partial charge in [0.05, 0.1) is 17.4 Å². The van der Waals surface area contributed by atoms with Crippen molar-refractivity contribution in [3.05, 3.63) is 23.0 Å². The Morgan fingerprint density at radius 3 is 2.57 bits per heavy atom. The molecule has 2 amide bonds. The van der Waals surface area contributed by atoms with Gasteiger partial charge in [0.15, 0.2) is 0 Å². The molecule has 0 bridgehead atoms. The van der Waals surface area contributed by atoms with E-state index in [1.165, 1.54) is 19.4 Å². The maximum atomic E-state index is 12.4. The third-order valence-electron chi connectivity index (χ3n) is 3.32. The number of nitrogens with two attached hydrogens (primary N) is 1. The number of hydrogen-bond donors (Lipinski definition) is 1. The molecule has 1 aliphatic rings. The van der Waals surface area contributed by atoms with Crippen LogP contribution in [0.4, 0.5) is 5.69 Å². The van der Waals surface area contributed by atoms with Gasteiger partial charge in [-0.15, -0.1) is 0 Å². The number of anilines is 1. The fourth-order valence-electron chi connectivity index (χ4n) is 2.17. The van der Waals surface area contributed by atoms with Crippen molar-refractivity contribution in [2.45, 2.75) is 0 Å². The van der Waals surface area contributed by atoms with E-state index in [1.54, 1.807) is 9.80 Å². The lowest BCUT2D eigenvalue weighted by molar-refractivity contribution is -0.136. The number of halogens is 1. The second-order valence-electron chi connectivity index (χ2n) is 4.70. The summed E-state index contributed by atoms with van der Waals surface area (Å²) in [6.07, 6.45) is 1.37. The number of nitrogens with zero attached hydrogens (tertiary/aromatic N) is 3. The Labute approximate surface area is 127 Å². The number of pyridine rings is 1. The summed E-state index contributed by atoms with van der Waals surface area (Å²) >= 11 is 5.80. The van der Waals surface area contributed by atoms with Crippen molar-refractivity contribution in [2.24, 2.45) is 0 Å². The van der Waals surface area contributed by atoms with E-state index in [-0.39, 0.29) is 23.6 Å². The molecule has 0 saturated carbocycles. The average molecular weight is 313 g/mol. The van der Waals surface area contributed by atoms with E-state index in [9.17, 15) is 9.59 Å². The third-order valence-corrected chi connectivity index (χ3v) is 3.53. The Morgan fingerprint density at radius 1 is 1.33 bits per heavy atom. The molecule has 1 saturated heterocycles. The van der Waals surface area contributed by atoms with E-state index in [4.69, 9.17) is 22.1 Å². The minimum absolute atomic E-state index is 0.0564. The number of carbonyl (C=O) groups excluding carboxylic acids is 2. The topological polar surface area (TPSA) is 88.8 Å². The first-order chi connectivity index (χ1) is 10.0. The van der Waals surface area contributed by atoms with Gasteiger partial charge in [0.2, 0.25) is 5.91 Å². The van der Waals surface area contributed by atoms with Crippen molar-refractivity contribution in [3.63, 3.8) is 0 Å². The zero-order valence-electron chi connectivity index (χ0n) is 11.7. The summed E-state index contributed by atoms with van der Waals surface area (Å²) in [6, 6.07) is 1.46. The van der Waals surface area contributed by atoms with Gasteiger partial charge in [-0.25, -0.2) is 4.98 Å². The molecule has 2 heterocycles. The monoisotopic (exact) mass is 312 g/mol. The molecule has 1 aliphatic heterocycles. The summed E-state index contributed by atoms with van der Waals surface area (Å²) in [4.78, 5) is 31.3. The molecule has 114 valence electrons. The van der Waals surface area contributed by atoms with E-state index < -0.39 is 0 Å². The molecule has 1 fully saturated rings. The molecule has 21 heavy (non-hydrogen) atoms. The van der Waals surface area contributed by atoms with Crippen LogP contribution in [-0.4, -0.2) is 66.5 Å². The molecule has 2 rings (SSSR count). The number of carbonyl (C=O) groups is 2. The SMILES string of the molecule is COCC(=O)N1CCN(C(=O)c2cc(Cl)ncc2N)CC1. The van der Waals surface area contributed by atoms with Crippen molar-refractivity contribution in [2.75, 3.05) is 45.6 Å². The first-order valence-electron chi connectivity index (χ1n) is 6.50. The summed E-state index contributed by atoms with van der Waals surface area (Å²) in [5.74, 6) is -0.272. The minimum Gasteiger partial charge on any atom is -0.397 e. The fraction of sp³-hybridized carbons (Fsp3) is 0.462. The maximum absolute atomic E-state index is 12.4. The van der Waals surface area contributed by atoms with Gasteiger partial charge in [-0.2, -0.15) is 0 Å². The van der Waals surface area contributed by atoms with Crippen LogP contribution in [0.2, 0.25) is 5.15 Å². The number of ether oxygens (including phenoxy) is 1. The first-order valence-corrected chi connectivity index (χ1v) is 6.87. The Kier molecular flexibility index (Phi) is 4.98. The van der Waals surface area contributed by atoms with Crippen molar-refractivity contribution in [3.8, 4) is 0 Å². The fourth-order valence-corrected chi connectivity index (χ4v) is 2.33. The molecular weight excluding hydrogens is 296 g/mol. The molecule has 2 N–H and O–H groups in total. The molecular formula is C13H17ClN4O3. The van der Waals surface area contributed by atoms with Crippen LogP contribution in [0.1, 0.15) is 10.4 Å². The smallest absolute Gasteiger partial charge is 0.256 e. The zero-order chi connectivity index (χ0) is 15.4. The third kappa shape index (κ3) is 3.62. The van der Waals surface area contributed by atoms with E-state index in [0.29, 0.717) is 37.4 Å². The van der Waals surface area contributed by atoms with Crippen molar-refractivity contribution in [1.82, 2.24) is 14.8 Å². The lowest BCUT2D eigenvalue weighted by atomic mass is 10.2. The number of rotatable bonds is 3. The van der Waals surface area contributed by atoms with Gasteiger partial charge in [0.1, 0.15) is 11.8 Å². The molecule has 0 unspecified atom stereocenters. The molecule has 8 heteroatoms. The summed E-state index contributed by atoms with van der Waals surface area (Å²) in [5.41, 5.74) is 6.40. The highest BCUT2D eigenvalue weighted by Crippen LogP contribution is 2.18. The van der Waals surface area contributed by atoms with Gasteiger partial charge in [-0.05, 0) is 6.07 Å². The molecule has 0 aromatic carbocycles. The summed E-state index contributed by atoms with van der Waals surface area (Å²) < 4.78 is 4.82. The quantitative estimate of drug-likeness (QED) is 0.808. The van der Waals surface area contributed by atoms with E-state index >= 15 is 0 Å². The van der Waals surface area contributed by atoms with Crippen molar-refractivity contribution in [1.29, 1.82) is 0 Å². The summed E-state index contributed by atoms with van der Waals surface area (Å²) in [5, 5.41) is 0.224. The molecule has 7 nitrogen and oxygen atoms in total. The predicted octanol–water partition coefficient (Wildman–Crippen LogP) is 0.248. The van der Waals surface area contributed by atoms with Crippen LogP contribution >= 0.6 is 11.6 Å². The number of piperazine rings is 1. The summed E-state index contributed by atoms with van der Waals surface area (Å²) in [7, 11) is 1.48. The highest BCUT2D eigenvalue weighted by molar-refractivity contribution is 6.29. The molecule has 0 radical (unpaired) electrons. The van der Waals surface area contributed by atoms with Gasteiger partial charge in [-0.1, -0.05) is 11.6 Å². The van der Waals surface area contributed by atoms with E-state index in [2.05, 4.69) is 4.98 Å². The Hall–Kier alpha value is -1.86. The van der Waals surface area contributed by atoms with Gasteiger partial charge in [-0.3, -0.25) is 9.59 Å². The number of nitrogen functional groups attached to an aromatic ring is 1. The van der Waals surface area contributed by atoms with Crippen LogP contribution in [0.15, 0.2) is 12.3 Å². The van der Waals surface area contributed by atoms with Gasteiger partial charge < -0.3 is 20.3 Å². The largest absolute Gasteiger partial charge is 0.397 e. The van der Waals surface area contributed by atoms with E-state index in [1.807, 2.05) is 0 Å². The first kappa shape index (κ1) is 15.5. The number of amides is 2.